The van der Waals surface area contributed by atoms with E-state index in [1.807, 2.05) is 0 Å². The molecule has 2 aliphatic rings. The van der Waals surface area contributed by atoms with Gasteiger partial charge in [0.25, 0.3) is 0 Å². The average Bonchev–Trinajstić information content (AvgIpc) is 2.94. The van der Waals surface area contributed by atoms with Crippen LogP contribution >= 0.6 is 0 Å². The van der Waals surface area contributed by atoms with Gasteiger partial charge in [0.05, 0.1) is 0 Å². The number of likely N-dealkylation sites (tertiary alicyclic amines) is 1. The third-order valence-electron chi connectivity index (χ3n) is 4.48. The quantitative estimate of drug-likeness (QED) is 0.913. The van der Waals surface area contributed by atoms with Crippen LogP contribution in [0.4, 0.5) is 0 Å². The minimum atomic E-state index is 0.353. The van der Waals surface area contributed by atoms with Crippen LogP contribution in [0.1, 0.15) is 31.2 Å². The lowest BCUT2D eigenvalue weighted by Gasteiger charge is -2.30. The Morgan fingerprint density at radius 3 is 2.95 bits per heavy atom. The number of piperidine rings is 1. The first-order chi connectivity index (χ1) is 9.81. The standard InChI is InChI=1S/C17H26N2O/c1-19-11-5-8-16(13-19)20-17-9-3-2-6-14(17)12-15-7-4-10-18-15/h2-3,6,9,15-16,18H,4-5,7-8,10-13H2,1H3. The van der Waals surface area contributed by atoms with Crippen molar-refractivity contribution in [2.45, 2.75) is 44.2 Å². The summed E-state index contributed by atoms with van der Waals surface area (Å²) in [6.07, 6.45) is 6.47. The number of rotatable bonds is 4. The van der Waals surface area contributed by atoms with E-state index in [1.165, 1.54) is 44.3 Å². The van der Waals surface area contributed by atoms with Crippen LogP contribution in [0, 0.1) is 0 Å². The summed E-state index contributed by atoms with van der Waals surface area (Å²) in [5, 5.41) is 3.58. The molecule has 0 aromatic heterocycles. The van der Waals surface area contributed by atoms with Crippen molar-refractivity contribution in [3.63, 3.8) is 0 Å². The number of nitrogens with zero attached hydrogens (tertiary/aromatic N) is 1. The Bertz CT molecular complexity index is 429. The van der Waals surface area contributed by atoms with Crippen LogP contribution in [0.2, 0.25) is 0 Å². The molecule has 3 nitrogen and oxygen atoms in total. The molecule has 2 heterocycles. The number of hydrogen-bond donors (Lipinski definition) is 1. The molecule has 1 aromatic rings. The number of hydrogen-bond acceptors (Lipinski definition) is 3. The molecule has 2 saturated heterocycles. The van der Waals surface area contributed by atoms with Crippen molar-refractivity contribution in [3.8, 4) is 5.75 Å². The van der Waals surface area contributed by atoms with Crippen LogP contribution in [-0.2, 0) is 6.42 Å². The van der Waals surface area contributed by atoms with E-state index >= 15 is 0 Å². The highest BCUT2D eigenvalue weighted by Gasteiger charge is 2.21. The van der Waals surface area contributed by atoms with E-state index in [0.717, 1.165) is 18.7 Å². The summed E-state index contributed by atoms with van der Waals surface area (Å²) in [5.41, 5.74) is 1.36. The van der Waals surface area contributed by atoms with Gasteiger partial charge in [-0.2, -0.15) is 0 Å². The van der Waals surface area contributed by atoms with E-state index in [2.05, 4.69) is 41.5 Å². The summed E-state index contributed by atoms with van der Waals surface area (Å²) in [5.74, 6) is 1.10. The van der Waals surface area contributed by atoms with Crippen LogP contribution < -0.4 is 10.1 Å². The van der Waals surface area contributed by atoms with E-state index in [4.69, 9.17) is 4.74 Å². The Morgan fingerprint density at radius 1 is 1.25 bits per heavy atom. The van der Waals surface area contributed by atoms with Gasteiger partial charge in [0.2, 0.25) is 0 Å². The molecule has 20 heavy (non-hydrogen) atoms. The SMILES string of the molecule is CN1CCCC(Oc2ccccc2CC2CCCN2)C1. The van der Waals surface area contributed by atoms with Gasteiger partial charge in [0.1, 0.15) is 11.9 Å². The maximum atomic E-state index is 6.30. The van der Waals surface area contributed by atoms with E-state index in [1.54, 1.807) is 0 Å². The van der Waals surface area contributed by atoms with E-state index < -0.39 is 0 Å². The minimum Gasteiger partial charge on any atom is -0.489 e. The number of ether oxygens (including phenoxy) is 1. The number of likely N-dealkylation sites (N-methyl/N-ethyl adjacent to an activating group) is 1. The van der Waals surface area contributed by atoms with Crippen LogP contribution in [0.3, 0.4) is 0 Å². The van der Waals surface area contributed by atoms with Crippen molar-refractivity contribution < 1.29 is 4.74 Å². The molecule has 0 saturated carbocycles. The van der Waals surface area contributed by atoms with Crippen molar-refractivity contribution in [2.24, 2.45) is 0 Å². The first kappa shape index (κ1) is 13.9. The lowest BCUT2D eigenvalue weighted by Crippen LogP contribution is -2.38. The Hall–Kier alpha value is -1.06. The lowest BCUT2D eigenvalue weighted by molar-refractivity contribution is 0.103. The first-order valence-corrected chi connectivity index (χ1v) is 7.98. The third kappa shape index (κ3) is 3.53. The highest BCUT2D eigenvalue weighted by molar-refractivity contribution is 5.34. The summed E-state index contributed by atoms with van der Waals surface area (Å²) in [6.45, 7) is 3.42. The van der Waals surface area contributed by atoms with Crippen LogP contribution in [0.25, 0.3) is 0 Å². The fraction of sp³-hybridized carbons (Fsp3) is 0.647. The molecule has 0 amide bonds. The Morgan fingerprint density at radius 2 is 2.15 bits per heavy atom. The van der Waals surface area contributed by atoms with Crippen LogP contribution in [-0.4, -0.2) is 43.7 Å². The molecule has 0 spiro atoms. The summed E-state index contributed by atoms with van der Waals surface area (Å²) in [6, 6.07) is 9.21. The molecule has 2 fully saturated rings. The summed E-state index contributed by atoms with van der Waals surface area (Å²) in [7, 11) is 2.18. The molecule has 0 radical (unpaired) electrons. The Kier molecular flexibility index (Phi) is 4.58. The zero-order valence-electron chi connectivity index (χ0n) is 12.5. The predicted octanol–water partition coefficient (Wildman–Crippen LogP) is 2.45. The average molecular weight is 274 g/mol. The second kappa shape index (κ2) is 6.59. The van der Waals surface area contributed by atoms with Gasteiger partial charge in [0, 0.05) is 12.6 Å². The molecule has 1 N–H and O–H groups in total. The maximum absolute atomic E-state index is 6.30. The first-order valence-electron chi connectivity index (χ1n) is 7.98. The lowest BCUT2D eigenvalue weighted by atomic mass is 10.0. The molecule has 1 aromatic carbocycles. The van der Waals surface area contributed by atoms with E-state index in [-0.39, 0.29) is 0 Å². The molecule has 3 rings (SSSR count). The van der Waals surface area contributed by atoms with Gasteiger partial charge in [-0.1, -0.05) is 18.2 Å². The third-order valence-corrected chi connectivity index (χ3v) is 4.48. The second-order valence-corrected chi connectivity index (χ2v) is 6.25. The summed E-state index contributed by atoms with van der Waals surface area (Å²) in [4.78, 5) is 2.37. The fourth-order valence-electron chi connectivity index (χ4n) is 3.38. The van der Waals surface area contributed by atoms with E-state index in [9.17, 15) is 0 Å². The largest absolute Gasteiger partial charge is 0.489 e. The summed E-state index contributed by atoms with van der Waals surface area (Å²) < 4.78 is 6.30. The molecule has 2 atom stereocenters. The van der Waals surface area contributed by atoms with Crippen molar-refractivity contribution >= 4 is 0 Å². The van der Waals surface area contributed by atoms with Gasteiger partial charge in [-0.05, 0) is 63.9 Å². The smallest absolute Gasteiger partial charge is 0.123 e. The van der Waals surface area contributed by atoms with Crippen molar-refractivity contribution in [1.82, 2.24) is 10.2 Å². The highest BCUT2D eigenvalue weighted by Crippen LogP contribution is 2.25. The van der Waals surface area contributed by atoms with Gasteiger partial charge >= 0.3 is 0 Å². The highest BCUT2D eigenvalue weighted by atomic mass is 16.5. The molecule has 0 aliphatic carbocycles. The Labute approximate surface area is 122 Å². The summed E-state index contributed by atoms with van der Waals surface area (Å²) >= 11 is 0. The van der Waals surface area contributed by atoms with Gasteiger partial charge in [-0.25, -0.2) is 0 Å². The number of para-hydroxylation sites is 1. The Balaban J connectivity index is 1.65. The normalized spacial score (nSPS) is 27.6. The number of benzene rings is 1. The fourth-order valence-corrected chi connectivity index (χ4v) is 3.38. The van der Waals surface area contributed by atoms with Gasteiger partial charge in [-0.3, -0.25) is 0 Å². The molecule has 2 unspecified atom stereocenters. The molecule has 2 aliphatic heterocycles. The monoisotopic (exact) mass is 274 g/mol. The van der Waals surface area contributed by atoms with Crippen molar-refractivity contribution in [2.75, 3.05) is 26.7 Å². The number of nitrogens with one attached hydrogen (secondary N) is 1. The van der Waals surface area contributed by atoms with Gasteiger partial charge < -0.3 is 15.0 Å². The van der Waals surface area contributed by atoms with Crippen molar-refractivity contribution in [3.05, 3.63) is 29.8 Å². The van der Waals surface area contributed by atoms with Gasteiger partial charge in [-0.15, -0.1) is 0 Å². The topological polar surface area (TPSA) is 24.5 Å². The molecular formula is C17H26N2O. The van der Waals surface area contributed by atoms with Crippen LogP contribution in [0.15, 0.2) is 24.3 Å². The molecular weight excluding hydrogens is 248 g/mol. The molecule has 110 valence electrons. The predicted molar refractivity (Wildman–Crippen MR) is 82.3 cm³/mol. The molecule has 3 heteroatoms. The van der Waals surface area contributed by atoms with Gasteiger partial charge in [0.15, 0.2) is 0 Å². The van der Waals surface area contributed by atoms with Crippen molar-refractivity contribution in [1.29, 1.82) is 0 Å². The minimum absolute atomic E-state index is 0.353. The zero-order chi connectivity index (χ0) is 13.8. The molecule has 0 bridgehead atoms. The second-order valence-electron chi connectivity index (χ2n) is 6.25. The van der Waals surface area contributed by atoms with E-state index in [0.29, 0.717) is 12.1 Å². The maximum Gasteiger partial charge on any atom is 0.123 e. The zero-order valence-corrected chi connectivity index (χ0v) is 12.5. The van der Waals surface area contributed by atoms with Crippen LogP contribution in [0.5, 0.6) is 5.75 Å².